The lowest BCUT2D eigenvalue weighted by Gasteiger charge is -2.11. The molecule has 1 aliphatic heterocycles. The second-order valence-electron chi connectivity index (χ2n) is 2.94. The van der Waals surface area contributed by atoms with Crippen LogP contribution in [0, 0.1) is 0 Å². The molecule has 1 fully saturated rings. The molecule has 0 saturated carbocycles. The van der Waals surface area contributed by atoms with E-state index >= 15 is 0 Å². The Morgan fingerprint density at radius 2 is 2.50 bits per heavy atom. The van der Waals surface area contributed by atoms with Crippen molar-refractivity contribution in [2.75, 3.05) is 18.9 Å². The molecule has 14 heavy (non-hydrogen) atoms. The summed E-state index contributed by atoms with van der Waals surface area (Å²) in [6.07, 6.45) is 1.26. The Kier molecular flexibility index (Phi) is 2.18. The van der Waals surface area contributed by atoms with Crippen molar-refractivity contribution in [3.05, 3.63) is 18.0 Å². The van der Waals surface area contributed by atoms with Gasteiger partial charge in [-0.3, -0.25) is 4.90 Å². The molecule has 2 rings (SSSR count). The summed E-state index contributed by atoms with van der Waals surface area (Å²) in [5, 5.41) is 0. The molecular formula is C8H10N4O2. The van der Waals surface area contributed by atoms with Gasteiger partial charge in [0.1, 0.15) is 6.61 Å². The number of anilines is 1. The molecule has 0 bridgehead atoms. The number of nitrogens with two attached hydrogens (primary N) is 1. The van der Waals surface area contributed by atoms with Crippen LogP contribution in [0.1, 0.15) is 5.69 Å². The molecule has 0 atom stereocenters. The van der Waals surface area contributed by atoms with Gasteiger partial charge in [-0.15, -0.1) is 0 Å². The van der Waals surface area contributed by atoms with Crippen LogP contribution in [0.15, 0.2) is 12.3 Å². The van der Waals surface area contributed by atoms with Crippen LogP contribution in [-0.4, -0.2) is 34.1 Å². The molecule has 1 amide bonds. The van der Waals surface area contributed by atoms with E-state index in [4.69, 9.17) is 10.5 Å². The number of amides is 1. The van der Waals surface area contributed by atoms with Crippen molar-refractivity contribution in [1.82, 2.24) is 14.9 Å². The Balaban J connectivity index is 2.07. The highest BCUT2D eigenvalue weighted by Gasteiger charge is 2.22. The minimum absolute atomic E-state index is 0.218. The summed E-state index contributed by atoms with van der Waals surface area (Å²) in [5.74, 6) is 0.218. The van der Waals surface area contributed by atoms with E-state index in [2.05, 4.69) is 9.97 Å². The van der Waals surface area contributed by atoms with Gasteiger partial charge in [0, 0.05) is 6.20 Å². The molecule has 2 N–H and O–H groups in total. The van der Waals surface area contributed by atoms with E-state index in [1.165, 1.54) is 0 Å². The van der Waals surface area contributed by atoms with Gasteiger partial charge < -0.3 is 10.5 Å². The van der Waals surface area contributed by atoms with Crippen molar-refractivity contribution in [1.29, 1.82) is 0 Å². The largest absolute Gasteiger partial charge is 0.448 e. The summed E-state index contributed by atoms with van der Waals surface area (Å²) >= 11 is 0. The number of cyclic esters (lactones) is 1. The Hall–Kier alpha value is -1.85. The number of nitrogens with zero attached hydrogens (tertiary/aromatic N) is 3. The minimum atomic E-state index is -0.304. The summed E-state index contributed by atoms with van der Waals surface area (Å²) in [7, 11) is 0. The number of ether oxygens (including phenoxy) is 1. The lowest BCUT2D eigenvalue weighted by Crippen LogP contribution is -2.24. The third-order valence-corrected chi connectivity index (χ3v) is 1.93. The molecule has 74 valence electrons. The molecule has 1 aromatic heterocycles. The van der Waals surface area contributed by atoms with Crippen molar-refractivity contribution in [2.24, 2.45) is 0 Å². The van der Waals surface area contributed by atoms with E-state index in [1.807, 2.05) is 0 Å². The van der Waals surface area contributed by atoms with E-state index in [0.717, 1.165) is 5.69 Å². The van der Waals surface area contributed by atoms with Crippen LogP contribution in [0.4, 0.5) is 10.7 Å². The average molecular weight is 194 g/mol. The van der Waals surface area contributed by atoms with Crippen molar-refractivity contribution in [3.8, 4) is 0 Å². The smallest absolute Gasteiger partial charge is 0.410 e. The number of hydrogen-bond donors (Lipinski definition) is 1. The average Bonchev–Trinajstić information content (AvgIpc) is 2.52. The predicted molar refractivity (Wildman–Crippen MR) is 48.2 cm³/mol. The highest BCUT2D eigenvalue weighted by atomic mass is 16.6. The third-order valence-electron chi connectivity index (χ3n) is 1.93. The summed E-state index contributed by atoms with van der Waals surface area (Å²) in [6, 6.07) is 1.72. The van der Waals surface area contributed by atoms with Crippen molar-refractivity contribution in [2.45, 2.75) is 6.54 Å². The molecule has 1 aliphatic rings. The molecule has 6 nitrogen and oxygen atoms in total. The molecule has 0 radical (unpaired) electrons. The van der Waals surface area contributed by atoms with Crippen LogP contribution in [0.3, 0.4) is 0 Å². The molecule has 1 aromatic rings. The summed E-state index contributed by atoms with van der Waals surface area (Å²) < 4.78 is 4.78. The van der Waals surface area contributed by atoms with Gasteiger partial charge in [0.05, 0.1) is 18.8 Å². The van der Waals surface area contributed by atoms with E-state index in [0.29, 0.717) is 19.7 Å². The van der Waals surface area contributed by atoms with Crippen molar-refractivity contribution >= 4 is 12.0 Å². The summed E-state index contributed by atoms with van der Waals surface area (Å²) in [6.45, 7) is 1.47. The van der Waals surface area contributed by atoms with Gasteiger partial charge in [-0.05, 0) is 6.07 Å². The number of hydrogen-bond acceptors (Lipinski definition) is 5. The lowest BCUT2D eigenvalue weighted by atomic mass is 10.4. The number of aromatic nitrogens is 2. The zero-order chi connectivity index (χ0) is 9.97. The molecule has 2 heterocycles. The van der Waals surface area contributed by atoms with Crippen molar-refractivity contribution < 1.29 is 9.53 Å². The fourth-order valence-electron chi connectivity index (χ4n) is 1.27. The molecular weight excluding hydrogens is 184 g/mol. The summed E-state index contributed by atoms with van der Waals surface area (Å²) in [4.78, 5) is 20.4. The van der Waals surface area contributed by atoms with Gasteiger partial charge in [-0.2, -0.15) is 0 Å². The maximum absolute atomic E-state index is 11.1. The van der Waals surface area contributed by atoms with Gasteiger partial charge in [-0.1, -0.05) is 0 Å². The predicted octanol–water partition coefficient (Wildman–Crippen LogP) is 0.0110. The van der Waals surface area contributed by atoms with Crippen LogP contribution in [-0.2, 0) is 11.3 Å². The minimum Gasteiger partial charge on any atom is -0.448 e. The first-order chi connectivity index (χ1) is 6.75. The van der Waals surface area contributed by atoms with E-state index in [9.17, 15) is 4.79 Å². The van der Waals surface area contributed by atoms with Crippen molar-refractivity contribution in [3.63, 3.8) is 0 Å². The van der Waals surface area contributed by atoms with E-state index < -0.39 is 0 Å². The SMILES string of the molecule is Nc1nccc(CN2CCOC2=O)n1. The van der Waals surface area contributed by atoms with E-state index in [-0.39, 0.29) is 12.0 Å². The fraction of sp³-hybridized carbons (Fsp3) is 0.375. The maximum atomic E-state index is 11.1. The molecule has 0 spiro atoms. The fourth-order valence-corrected chi connectivity index (χ4v) is 1.27. The van der Waals surface area contributed by atoms with Crippen LogP contribution in [0.25, 0.3) is 0 Å². The highest BCUT2D eigenvalue weighted by molar-refractivity contribution is 5.69. The van der Waals surface area contributed by atoms with Crippen LogP contribution in [0.2, 0.25) is 0 Å². The van der Waals surface area contributed by atoms with Crippen LogP contribution < -0.4 is 5.73 Å². The molecule has 6 heteroatoms. The van der Waals surface area contributed by atoms with Gasteiger partial charge in [-0.25, -0.2) is 14.8 Å². The van der Waals surface area contributed by atoms with Gasteiger partial charge in [0.25, 0.3) is 0 Å². The first kappa shape index (κ1) is 8.74. The Labute approximate surface area is 80.7 Å². The normalized spacial score (nSPS) is 15.7. The highest BCUT2D eigenvalue weighted by Crippen LogP contribution is 2.08. The quantitative estimate of drug-likeness (QED) is 0.717. The zero-order valence-electron chi connectivity index (χ0n) is 7.51. The molecule has 0 unspecified atom stereocenters. The molecule has 1 saturated heterocycles. The van der Waals surface area contributed by atoms with Gasteiger partial charge in [0.2, 0.25) is 5.95 Å². The number of nitrogen functional groups attached to an aromatic ring is 1. The Morgan fingerprint density at radius 3 is 3.14 bits per heavy atom. The monoisotopic (exact) mass is 194 g/mol. The summed E-state index contributed by atoms with van der Waals surface area (Å²) in [5.41, 5.74) is 6.13. The maximum Gasteiger partial charge on any atom is 0.410 e. The number of carbonyl (C=O) groups is 1. The molecule has 0 aliphatic carbocycles. The first-order valence-corrected chi connectivity index (χ1v) is 4.25. The second-order valence-corrected chi connectivity index (χ2v) is 2.94. The molecule has 0 aromatic carbocycles. The number of carbonyl (C=O) groups excluding carboxylic acids is 1. The van der Waals surface area contributed by atoms with Gasteiger partial charge >= 0.3 is 6.09 Å². The Bertz CT molecular complexity index is 355. The Morgan fingerprint density at radius 1 is 1.64 bits per heavy atom. The second kappa shape index (κ2) is 3.49. The van der Waals surface area contributed by atoms with Gasteiger partial charge in [0.15, 0.2) is 0 Å². The lowest BCUT2D eigenvalue weighted by molar-refractivity contribution is 0.157. The zero-order valence-corrected chi connectivity index (χ0v) is 7.51. The van der Waals surface area contributed by atoms with Crippen LogP contribution in [0.5, 0.6) is 0 Å². The first-order valence-electron chi connectivity index (χ1n) is 4.25. The van der Waals surface area contributed by atoms with Crippen LogP contribution >= 0.6 is 0 Å². The number of rotatable bonds is 2. The topological polar surface area (TPSA) is 81.3 Å². The standard InChI is InChI=1S/C8H10N4O2/c9-7-10-2-1-6(11-7)5-12-3-4-14-8(12)13/h1-2H,3-5H2,(H2,9,10,11). The third kappa shape index (κ3) is 1.73. The van der Waals surface area contributed by atoms with E-state index in [1.54, 1.807) is 17.2 Å².